The minimum Gasteiger partial charge on any atom is -0.364 e. The first-order valence-electron chi connectivity index (χ1n) is 9.86. The number of carbonyl (C=O) groups is 1. The van der Waals surface area contributed by atoms with Crippen LogP contribution >= 0.6 is 0 Å². The number of alkyl halides is 3. The van der Waals surface area contributed by atoms with E-state index in [1.165, 1.54) is 6.07 Å². The highest BCUT2D eigenvalue weighted by atomic mass is 19.4. The Morgan fingerprint density at radius 2 is 1.84 bits per heavy atom. The average molecular weight is 442 g/mol. The van der Waals surface area contributed by atoms with Gasteiger partial charge < -0.3 is 10.6 Å². The van der Waals surface area contributed by atoms with Crippen molar-refractivity contribution in [2.75, 3.05) is 5.32 Å². The molecule has 0 spiro atoms. The van der Waals surface area contributed by atoms with Crippen molar-refractivity contribution < 1.29 is 18.0 Å². The molecule has 1 amide bonds. The molecule has 0 aliphatic heterocycles. The smallest absolute Gasteiger partial charge is 0.364 e. The second kappa shape index (κ2) is 7.77. The highest BCUT2D eigenvalue weighted by molar-refractivity contribution is 5.98. The molecule has 4 rings (SSSR count). The molecule has 1 aromatic carbocycles. The third-order valence-electron chi connectivity index (χ3n) is 4.69. The highest BCUT2D eigenvalue weighted by Gasteiger charge is 2.30. The van der Waals surface area contributed by atoms with Crippen molar-refractivity contribution in [3.05, 3.63) is 65.9 Å². The standard InChI is InChI=1S/C22H21F3N6O/c1-21(2,3)30-19-18-11-26-12-31(18)17-8-13(4-7-16(17)29-19)20(32)28-10-15-6-5-14(9-27-15)22(23,24)25/h4-9,11-12H,10H2,1-3H3,(H,28,32)(H,29,30). The first kappa shape index (κ1) is 21.5. The minimum absolute atomic E-state index is 0.00217. The third kappa shape index (κ3) is 4.48. The van der Waals surface area contributed by atoms with E-state index in [2.05, 4.69) is 25.6 Å². The summed E-state index contributed by atoms with van der Waals surface area (Å²) in [6.45, 7) is 6.10. The molecule has 0 aliphatic carbocycles. The average Bonchev–Trinajstić information content (AvgIpc) is 3.21. The fourth-order valence-corrected chi connectivity index (χ4v) is 3.21. The van der Waals surface area contributed by atoms with E-state index in [9.17, 15) is 18.0 Å². The summed E-state index contributed by atoms with van der Waals surface area (Å²) in [5, 5.41) is 6.05. The van der Waals surface area contributed by atoms with Gasteiger partial charge in [0, 0.05) is 17.3 Å². The van der Waals surface area contributed by atoms with Gasteiger partial charge in [-0.05, 0) is 51.1 Å². The fourth-order valence-electron chi connectivity index (χ4n) is 3.21. The van der Waals surface area contributed by atoms with Crippen LogP contribution < -0.4 is 10.6 Å². The van der Waals surface area contributed by atoms with E-state index in [0.717, 1.165) is 17.8 Å². The number of nitrogens with zero attached hydrogens (tertiary/aromatic N) is 4. The molecule has 3 heterocycles. The van der Waals surface area contributed by atoms with Crippen LogP contribution in [0, 0.1) is 0 Å². The predicted molar refractivity (Wildman–Crippen MR) is 114 cm³/mol. The number of carbonyl (C=O) groups excluding carboxylic acids is 1. The lowest BCUT2D eigenvalue weighted by atomic mass is 10.1. The van der Waals surface area contributed by atoms with E-state index < -0.39 is 11.7 Å². The van der Waals surface area contributed by atoms with Crippen molar-refractivity contribution in [3.8, 4) is 0 Å². The number of benzene rings is 1. The van der Waals surface area contributed by atoms with Gasteiger partial charge in [0.15, 0.2) is 5.82 Å². The molecule has 2 N–H and O–H groups in total. The summed E-state index contributed by atoms with van der Waals surface area (Å²) < 4.78 is 39.8. The number of hydrogen-bond donors (Lipinski definition) is 2. The number of aromatic nitrogens is 4. The summed E-state index contributed by atoms with van der Waals surface area (Å²) in [6.07, 6.45) is -0.346. The molecule has 0 aliphatic rings. The summed E-state index contributed by atoms with van der Waals surface area (Å²) in [5.74, 6) is 0.312. The van der Waals surface area contributed by atoms with Crippen molar-refractivity contribution in [1.82, 2.24) is 24.7 Å². The summed E-state index contributed by atoms with van der Waals surface area (Å²) >= 11 is 0. The molecule has 0 unspecified atom stereocenters. The molecule has 0 radical (unpaired) electrons. The van der Waals surface area contributed by atoms with Gasteiger partial charge in [-0.15, -0.1) is 0 Å². The molecule has 166 valence electrons. The van der Waals surface area contributed by atoms with Crippen LogP contribution in [-0.4, -0.2) is 30.8 Å². The predicted octanol–water partition coefficient (Wildman–Crippen LogP) is 4.44. The Bertz CT molecular complexity index is 1290. The Labute approximate surface area is 181 Å². The molecule has 0 atom stereocenters. The molecule has 0 saturated carbocycles. The highest BCUT2D eigenvalue weighted by Crippen LogP contribution is 2.28. The molecular weight excluding hydrogens is 421 g/mol. The second-order valence-electron chi connectivity index (χ2n) is 8.41. The van der Waals surface area contributed by atoms with Crippen molar-refractivity contribution in [2.24, 2.45) is 0 Å². The van der Waals surface area contributed by atoms with Crippen LogP contribution in [0.2, 0.25) is 0 Å². The summed E-state index contributed by atoms with van der Waals surface area (Å²) in [7, 11) is 0. The van der Waals surface area contributed by atoms with Crippen molar-refractivity contribution in [2.45, 2.75) is 39.0 Å². The topological polar surface area (TPSA) is 84.2 Å². The van der Waals surface area contributed by atoms with Crippen LogP contribution in [0.15, 0.2) is 49.1 Å². The fraction of sp³-hybridized carbons (Fsp3) is 0.273. The molecule has 32 heavy (non-hydrogen) atoms. The van der Waals surface area contributed by atoms with Gasteiger partial charge in [-0.25, -0.2) is 9.97 Å². The molecule has 7 nitrogen and oxygen atoms in total. The maximum atomic E-state index is 12.7. The molecule has 0 bridgehead atoms. The Hall–Kier alpha value is -3.69. The van der Waals surface area contributed by atoms with Gasteiger partial charge in [0.2, 0.25) is 0 Å². The zero-order chi connectivity index (χ0) is 23.1. The summed E-state index contributed by atoms with van der Waals surface area (Å²) in [4.78, 5) is 25.3. The Kier molecular flexibility index (Phi) is 5.23. The number of rotatable bonds is 4. The molecule has 10 heteroatoms. The molecular formula is C22H21F3N6O. The molecule has 4 aromatic rings. The van der Waals surface area contributed by atoms with Gasteiger partial charge >= 0.3 is 6.18 Å². The Balaban J connectivity index is 1.57. The van der Waals surface area contributed by atoms with Gasteiger partial charge in [0.1, 0.15) is 5.52 Å². The lowest BCUT2D eigenvalue weighted by molar-refractivity contribution is -0.137. The number of halogens is 3. The van der Waals surface area contributed by atoms with Crippen LogP contribution in [0.4, 0.5) is 19.0 Å². The van der Waals surface area contributed by atoms with E-state index in [4.69, 9.17) is 0 Å². The van der Waals surface area contributed by atoms with E-state index in [0.29, 0.717) is 28.1 Å². The molecule has 0 saturated heterocycles. The monoisotopic (exact) mass is 442 g/mol. The van der Waals surface area contributed by atoms with Gasteiger partial charge in [-0.3, -0.25) is 14.2 Å². The number of imidazole rings is 1. The second-order valence-corrected chi connectivity index (χ2v) is 8.41. The lowest BCUT2D eigenvalue weighted by Crippen LogP contribution is -2.27. The summed E-state index contributed by atoms with van der Waals surface area (Å²) in [5.41, 5.74) is 1.84. The van der Waals surface area contributed by atoms with E-state index in [1.54, 1.807) is 30.7 Å². The lowest BCUT2D eigenvalue weighted by Gasteiger charge is -2.22. The van der Waals surface area contributed by atoms with Crippen molar-refractivity contribution >= 4 is 28.3 Å². The third-order valence-corrected chi connectivity index (χ3v) is 4.69. The first-order valence-corrected chi connectivity index (χ1v) is 9.86. The quantitative estimate of drug-likeness (QED) is 0.488. The normalized spacial score (nSPS) is 12.3. The number of anilines is 1. The van der Waals surface area contributed by atoms with E-state index >= 15 is 0 Å². The van der Waals surface area contributed by atoms with Crippen LogP contribution in [-0.2, 0) is 12.7 Å². The van der Waals surface area contributed by atoms with Crippen LogP contribution in [0.5, 0.6) is 0 Å². The SMILES string of the molecule is CC(C)(C)Nc1nc2ccc(C(=O)NCc3ccc(C(F)(F)F)cn3)cc2n2cncc12. The van der Waals surface area contributed by atoms with Crippen LogP contribution in [0.3, 0.4) is 0 Å². The van der Waals surface area contributed by atoms with E-state index in [-0.39, 0.29) is 18.0 Å². The minimum atomic E-state index is -4.45. The number of hydrogen-bond acceptors (Lipinski definition) is 5. The number of amides is 1. The van der Waals surface area contributed by atoms with Gasteiger partial charge in [0.05, 0.1) is 41.4 Å². The van der Waals surface area contributed by atoms with Gasteiger partial charge in [0.25, 0.3) is 5.91 Å². The van der Waals surface area contributed by atoms with Gasteiger partial charge in [-0.1, -0.05) is 0 Å². The Morgan fingerprint density at radius 3 is 2.50 bits per heavy atom. The van der Waals surface area contributed by atoms with Crippen molar-refractivity contribution in [1.29, 1.82) is 0 Å². The largest absolute Gasteiger partial charge is 0.417 e. The Morgan fingerprint density at radius 1 is 1.06 bits per heavy atom. The number of pyridine rings is 1. The van der Waals surface area contributed by atoms with Crippen LogP contribution in [0.1, 0.15) is 42.4 Å². The molecule has 0 fully saturated rings. The van der Waals surface area contributed by atoms with Crippen LogP contribution in [0.25, 0.3) is 16.6 Å². The number of fused-ring (bicyclic) bond motifs is 3. The number of nitrogens with one attached hydrogen (secondary N) is 2. The first-order chi connectivity index (χ1) is 15.0. The zero-order valence-corrected chi connectivity index (χ0v) is 17.7. The zero-order valence-electron chi connectivity index (χ0n) is 17.7. The molecule has 3 aromatic heterocycles. The maximum absolute atomic E-state index is 12.7. The van der Waals surface area contributed by atoms with Gasteiger partial charge in [-0.2, -0.15) is 13.2 Å². The van der Waals surface area contributed by atoms with Crippen molar-refractivity contribution in [3.63, 3.8) is 0 Å². The van der Waals surface area contributed by atoms with E-state index in [1.807, 2.05) is 25.2 Å². The maximum Gasteiger partial charge on any atom is 0.417 e. The summed E-state index contributed by atoms with van der Waals surface area (Å²) in [6, 6.07) is 7.27.